The van der Waals surface area contributed by atoms with Crippen molar-refractivity contribution < 1.29 is 18.0 Å². The van der Waals surface area contributed by atoms with Crippen LogP contribution in [0.4, 0.5) is 18.9 Å². The van der Waals surface area contributed by atoms with E-state index in [1.807, 2.05) is 0 Å². The van der Waals surface area contributed by atoms with Crippen molar-refractivity contribution in [3.63, 3.8) is 0 Å². The van der Waals surface area contributed by atoms with Crippen molar-refractivity contribution in [1.29, 1.82) is 0 Å². The van der Waals surface area contributed by atoms with Gasteiger partial charge in [0.15, 0.2) is 0 Å². The molecule has 0 spiro atoms. The minimum Gasteiger partial charge on any atom is -0.319 e. The van der Waals surface area contributed by atoms with Crippen LogP contribution in [0.5, 0.6) is 0 Å². The average Bonchev–Trinajstić information content (AvgIpc) is 2.39. The second kappa shape index (κ2) is 5.97. The lowest BCUT2D eigenvalue weighted by Crippen LogP contribution is -2.13. The van der Waals surface area contributed by atoms with Crippen LogP contribution in [0.2, 0.25) is 0 Å². The highest BCUT2D eigenvalue weighted by atomic mass is 79.9. The lowest BCUT2D eigenvalue weighted by atomic mass is 10.2. The minimum atomic E-state index is -0.802. The molecule has 0 fully saturated rings. The van der Waals surface area contributed by atoms with E-state index in [9.17, 15) is 18.0 Å². The van der Waals surface area contributed by atoms with Crippen LogP contribution >= 0.6 is 31.9 Å². The fourth-order valence-electron chi connectivity index (χ4n) is 1.45. The molecule has 2 rings (SSSR count). The molecular weight excluding hydrogens is 403 g/mol. The predicted octanol–water partition coefficient (Wildman–Crippen LogP) is 4.88. The van der Waals surface area contributed by atoms with Gasteiger partial charge in [0.1, 0.15) is 17.5 Å². The Balaban J connectivity index is 2.27. The number of hydrogen-bond donors (Lipinski definition) is 1. The fourth-order valence-corrected chi connectivity index (χ4v) is 2.01. The van der Waals surface area contributed by atoms with E-state index in [4.69, 9.17) is 0 Å². The van der Waals surface area contributed by atoms with Crippen molar-refractivity contribution in [3.05, 3.63) is 62.3 Å². The monoisotopic (exact) mass is 407 g/mol. The topological polar surface area (TPSA) is 29.1 Å². The Morgan fingerprint density at radius 2 is 1.55 bits per heavy atom. The summed E-state index contributed by atoms with van der Waals surface area (Å²) in [6.07, 6.45) is 0. The Labute approximate surface area is 129 Å². The molecule has 7 heteroatoms. The van der Waals surface area contributed by atoms with E-state index in [-0.39, 0.29) is 20.2 Å². The second-order valence-corrected chi connectivity index (χ2v) is 5.54. The number of carbonyl (C=O) groups is 1. The van der Waals surface area contributed by atoms with E-state index in [0.717, 1.165) is 18.2 Å². The molecule has 0 unspecified atom stereocenters. The van der Waals surface area contributed by atoms with Gasteiger partial charge >= 0.3 is 0 Å². The van der Waals surface area contributed by atoms with Gasteiger partial charge in [-0.25, -0.2) is 13.2 Å². The third kappa shape index (κ3) is 3.21. The zero-order valence-electron chi connectivity index (χ0n) is 9.68. The molecular formula is C13H6Br2F3NO. The predicted molar refractivity (Wildman–Crippen MR) is 76.1 cm³/mol. The number of rotatable bonds is 2. The highest BCUT2D eigenvalue weighted by Gasteiger charge is 2.13. The Hall–Kier alpha value is -1.34. The van der Waals surface area contributed by atoms with Gasteiger partial charge in [0.2, 0.25) is 0 Å². The molecule has 0 heterocycles. The molecule has 0 aliphatic heterocycles. The quantitative estimate of drug-likeness (QED) is 0.705. The third-order valence-electron chi connectivity index (χ3n) is 2.44. The maximum Gasteiger partial charge on any atom is 0.255 e. The number of carbonyl (C=O) groups excluding carboxylic acids is 1. The lowest BCUT2D eigenvalue weighted by molar-refractivity contribution is 0.102. The molecule has 0 aliphatic rings. The standard InChI is InChI=1S/C13H6Br2F3NO/c14-7-2-1-6(3-9(7)16)13(20)19-12-5-10(17)8(15)4-11(12)18/h1-5H,(H,19,20). The van der Waals surface area contributed by atoms with E-state index >= 15 is 0 Å². The highest BCUT2D eigenvalue weighted by molar-refractivity contribution is 9.10. The zero-order chi connectivity index (χ0) is 14.9. The van der Waals surface area contributed by atoms with Gasteiger partial charge in [0, 0.05) is 11.6 Å². The summed E-state index contributed by atoms with van der Waals surface area (Å²) >= 11 is 5.78. The van der Waals surface area contributed by atoms with Gasteiger partial charge in [-0.2, -0.15) is 0 Å². The highest BCUT2D eigenvalue weighted by Crippen LogP contribution is 2.24. The number of hydrogen-bond acceptors (Lipinski definition) is 1. The van der Waals surface area contributed by atoms with Crippen LogP contribution in [0.1, 0.15) is 10.4 Å². The van der Waals surface area contributed by atoms with Gasteiger partial charge in [-0.05, 0) is 56.1 Å². The van der Waals surface area contributed by atoms with Crippen LogP contribution in [0.15, 0.2) is 39.3 Å². The van der Waals surface area contributed by atoms with E-state index in [1.54, 1.807) is 0 Å². The Morgan fingerprint density at radius 3 is 2.20 bits per heavy atom. The molecule has 0 aliphatic carbocycles. The van der Waals surface area contributed by atoms with E-state index in [1.165, 1.54) is 12.1 Å². The summed E-state index contributed by atoms with van der Waals surface area (Å²) in [6.45, 7) is 0. The van der Waals surface area contributed by atoms with Gasteiger partial charge in [0.05, 0.1) is 14.6 Å². The van der Waals surface area contributed by atoms with Crippen molar-refractivity contribution >= 4 is 43.5 Å². The zero-order valence-corrected chi connectivity index (χ0v) is 12.9. The molecule has 0 radical (unpaired) electrons. The summed E-state index contributed by atoms with van der Waals surface area (Å²) in [6, 6.07) is 5.44. The first-order valence-corrected chi connectivity index (χ1v) is 6.88. The average molecular weight is 409 g/mol. The van der Waals surface area contributed by atoms with Crippen LogP contribution in [0, 0.1) is 17.5 Å². The molecule has 0 aromatic heterocycles. The van der Waals surface area contributed by atoms with Crippen molar-refractivity contribution in [2.75, 3.05) is 5.32 Å². The molecule has 0 saturated carbocycles. The minimum absolute atomic E-state index is 0.00609. The van der Waals surface area contributed by atoms with Crippen LogP contribution in [0.25, 0.3) is 0 Å². The summed E-state index contributed by atoms with van der Waals surface area (Å²) in [5.41, 5.74) is -0.326. The maximum absolute atomic E-state index is 13.6. The van der Waals surface area contributed by atoms with Crippen LogP contribution < -0.4 is 5.32 Å². The normalized spacial score (nSPS) is 10.4. The molecule has 2 aromatic carbocycles. The van der Waals surface area contributed by atoms with Gasteiger partial charge in [-0.1, -0.05) is 0 Å². The van der Waals surface area contributed by atoms with Gasteiger partial charge in [-0.15, -0.1) is 0 Å². The molecule has 0 bridgehead atoms. The van der Waals surface area contributed by atoms with Gasteiger partial charge in [-0.3, -0.25) is 4.79 Å². The summed E-state index contributed by atoms with van der Waals surface area (Å²) in [7, 11) is 0. The Bertz CT molecular complexity index is 692. The number of halogens is 5. The van der Waals surface area contributed by atoms with E-state index < -0.39 is 23.4 Å². The number of amides is 1. The molecule has 0 atom stereocenters. The molecule has 2 aromatic rings. The Morgan fingerprint density at radius 1 is 0.900 bits per heavy atom. The SMILES string of the molecule is O=C(Nc1cc(F)c(Br)cc1F)c1ccc(Br)c(F)c1. The summed E-state index contributed by atoms with van der Waals surface area (Å²) in [5.74, 6) is -2.88. The van der Waals surface area contributed by atoms with Gasteiger partial charge < -0.3 is 5.32 Å². The van der Waals surface area contributed by atoms with Crippen molar-refractivity contribution in [1.82, 2.24) is 0 Å². The maximum atomic E-state index is 13.6. The van der Waals surface area contributed by atoms with Crippen LogP contribution in [0.3, 0.4) is 0 Å². The van der Waals surface area contributed by atoms with Crippen LogP contribution in [-0.4, -0.2) is 5.91 Å². The number of benzene rings is 2. The smallest absolute Gasteiger partial charge is 0.255 e. The van der Waals surface area contributed by atoms with Crippen molar-refractivity contribution in [3.8, 4) is 0 Å². The van der Waals surface area contributed by atoms with Crippen molar-refractivity contribution in [2.24, 2.45) is 0 Å². The van der Waals surface area contributed by atoms with Gasteiger partial charge in [0.25, 0.3) is 5.91 Å². The summed E-state index contributed by atoms with van der Waals surface area (Å²) in [4.78, 5) is 11.8. The summed E-state index contributed by atoms with van der Waals surface area (Å²) in [5, 5.41) is 2.18. The summed E-state index contributed by atoms with van der Waals surface area (Å²) < 4.78 is 40.3. The number of nitrogens with one attached hydrogen (secondary N) is 1. The Kier molecular flexibility index (Phi) is 4.49. The first kappa shape index (κ1) is 15.1. The second-order valence-electron chi connectivity index (χ2n) is 3.83. The molecule has 0 saturated heterocycles. The molecule has 2 nitrogen and oxygen atoms in total. The van der Waals surface area contributed by atoms with E-state index in [2.05, 4.69) is 37.2 Å². The van der Waals surface area contributed by atoms with E-state index in [0.29, 0.717) is 0 Å². The first-order valence-electron chi connectivity index (χ1n) is 5.29. The molecule has 1 amide bonds. The third-order valence-corrected chi connectivity index (χ3v) is 3.69. The number of anilines is 1. The van der Waals surface area contributed by atoms with Crippen molar-refractivity contribution in [2.45, 2.75) is 0 Å². The molecule has 104 valence electrons. The first-order chi connectivity index (χ1) is 9.38. The molecule has 1 N–H and O–H groups in total. The van der Waals surface area contributed by atoms with Crippen LogP contribution in [-0.2, 0) is 0 Å². The molecule has 20 heavy (non-hydrogen) atoms. The largest absolute Gasteiger partial charge is 0.319 e. The lowest BCUT2D eigenvalue weighted by Gasteiger charge is -2.08. The fraction of sp³-hybridized carbons (Fsp3) is 0.